The first-order chi connectivity index (χ1) is 15.1. The minimum absolute atomic E-state index is 0.326. The van der Waals surface area contributed by atoms with Gasteiger partial charge < -0.3 is 33.2 Å². The largest absolute Gasteiger partial charge is 0.497 e. The Morgan fingerprint density at radius 1 is 0.750 bits per heavy atom. The van der Waals surface area contributed by atoms with E-state index in [1.54, 1.807) is 24.3 Å². The van der Waals surface area contributed by atoms with Crippen molar-refractivity contribution in [2.75, 3.05) is 13.7 Å². The van der Waals surface area contributed by atoms with Crippen molar-refractivity contribution in [3.8, 4) is 11.5 Å². The van der Waals surface area contributed by atoms with E-state index in [0.29, 0.717) is 11.5 Å². The molecule has 176 valence electrons. The molecule has 1 aromatic carbocycles. The lowest BCUT2D eigenvalue weighted by Crippen LogP contribution is -2.63. The Morgan fingerprint density at radius 3 is 1.75 bits per heavy atom. The number of carbonyl (C=O) groups is 4. The second-order valence-electron chi connectivity index (χ2n) is 6.86. The molecule has 1 aromatic rings. The fourth-order valence-electron chi connectivity index (χ4n) is 3.07. The lowest BCUT2D eigenvalue weighted by molar-refractivity contribution is -0.288. The zero-order chi connectivity index (χ0) is 23.8. The molecule has 0 N–H and O–H groups in total. The Kier molecular flexibility index (Phi) is 8.82. The van der Waals surface area contributed by atoms with E-state index in [-0.39, 0.29) is 6.61 Å². The lowest BCUT2D eigenvalue weighted by Gasteiger charge is -2.43. The number of hydrogen-bond acceptors (Lipinski definition) is 11. The van der Waals surface area contributed by atoms with Gasteiger partial charge in [0.05, 0.1) is 7.11 Å². The summed E-state index contributed by atoms with van der Waals surface area (Å²) in [4.78, 5) is 46.6. The molecule has 0 amide bonds. The average molecular weight is 454 g/mol. The summed E-state index contributed by atoms with van der Waals surface area (Å²) in [6.45, 7) is 4.31. The fraction of sp³-hybridized carbons (Fsp3) is 0.524. The van der Waals surface area contributed by atoms with Crippen LogP contribution < -0.4 is 9.47 Å². The van der Waals surface area contributed by atoms with E-state index in [0.717, 1.165) is 20.8 Å². The van der Waals surface area contributed by atoms with Gasteiger partial charge in [0.1, 0.15) is 24.2 Å². The zero-order valence-corrected chi connectivity index (χ0v) is 18.4. The summed E-state index contributed by atoms with van der Waals surface area (Å²) >= 11 is 0. The molecule has 1 unspecified atom stereocenters. The lowest BCUT2D eigenvalue weighted by atomic mass is 9.98. The second-order valence-corrected chi connectivity index (χ2v) is 6.86. The van der Waals surface area contributed by atoms with Gasteiger partial charge in [0.15, 0.2) is 12.2 Å². The minimum atomic E-state index is -1.29. The molecule has 0 bridgehead atoms. The van der Waals surface area contributed by atoms with Gasteiger partial charge in [0.2, 0.25) is 12.4 Å². The Morgan fingerprint density at radius 2 is 1.25 bits per heavy atom. The van der Waals surface area contributed by atoms with Gasteiger partial charge in [-0.25, -0.2) is 0 Å². The Labute approximate surface area is 184 Å². The average Bonchev–Trinajstić information content (AvgIpc) is 2.70. The molecule has 1 saturated heterocycles. The third-order valence-corrected chi connectivity index (χ3v) is 4.26. The maximum Gasteiger partial charge on any atom is 0.303 e. The minimum Gasteiger partial charge on any atom is -0.497 e. The molecule has 1 aliphatic rings. The van der Waals surface area contributed by atoms with E-state index >= 15 is 0 Å². The van der Waals surface area contributed by atoms with Crippen molar-refractivity contribution in [3.05, 3.63) is 24.3 Å². The van der Waals surface area contributed by atoms with Crippen LogP contribution in [-0.2, 0) is 42.9 Å². The van der Waals surface area contributed by atoms with Crippen LogP contribution in [0.3, 0.4) is 0 Å². The first-order valence-electron chi connectivity index (χ1n) is 9.72. The number of esters is 4. The second kappa shape index (κ2) is 11.3. The smallest absolute Gasteiger partial charge is 0.303 e. The van der Waals surface area contributed by atoms with E-state index in [9.17, 15) is 19.2 Å². The molecule has 0 spiro atoms. The molecular formula is C21H26O11. The molecule has 1 aliphatic heterocycles. The van der Waals surface area contributed by atoms with Gasteiger partial charge in [-0.2, -0.15) is 0 Å². The molecule has 11 nitrogen and oxygen atoms in total. The van der Waals surface area contributed by atoms with E-state index < -0.39 is 54.6 Å². The molecule has 0 saturated carbocycles. The summed E-state index contributed by atoms with van der Waals surface area (Å²) in [5.74, 6) is -1.83. The summed E-state index contributed by atoms with van der Waals surface area (Å²) in [6, 6.07) is 6.46. The first-order valence-corrected chi connectivity index (χ1v) is 9.72. The highest BCUT2D eigenvalue weighted by molar-refractivity contribution is 5.68. The number of benzene rings is 1. The van der Waals surface area contributed by atoms with Crippen LogP contribution in [-0.4, -0.2) is 68.3 Å². The van der Waals surface area contributed by atoms with Gasteiger partial charge in [-0.1, -0.05) is 0 Å². The normalized spacial score (nSPS) is 24.6. The maximum absolute atomic E-state index is 11.8. The van der Waals surface area contributed by atoms with Crippen molar-refractivity contribution >= 4 is 23.9 Å². The highest BCUT2D eigenvalue weighted by Gasteiger charge is 2.53. The Bertz CT molecular complexity index is 820. The van der Waals surface area contributed by atoms with Gasteiger partial charge in [0.25, 0.3) is 0 Å². The number of methoxy groups -OCH3 is 1. The molecular weight excluding hydrogens is 428 g/mol. The zero-order valence-electron chi connectivity index (χ0n) is 18.4. The molecule has 11 heteroatoms. The molecule has 1 fully saturated rings. The van der Waals surface area contributed by atoms with Crippen LogP contribution in [0.25, 0.3) is 0 Å². The van der Waals surface area contributed by atoms with Crippen LogP contribution in [0.4, 0.5) is 0 Å². The predicted molar refractivity (Wildman–Crippen MR) is 106 cm³/mol. The summed E-state index contributed by atoms with van der Waals surface area (Å²) in [7, 11) is 1.51. The third-order valence-electron chi connectivity index (χ3n) is 4.26. The summed E-state index contributed by atoms with van der Waals surface area (Å²) < 4.78 is 37.8. The van der Waals surface area contributed by atoms with E-state index in [2.05, 4.69) is 0 Å². The standard InChI is InChI=1S/C21H26O11/c1-11(22)27-10-17-18(28-12(2)23)19(29-13(3)24)20(30-14(4)25)21(32-17)31-16-8-6-15(26-5)7-9-16/h6-9,17-21H,10H2,1-5H3/t17-,18-,19+,20-,21?/m1/s1. The third kappa shape index (κ3) is 7.12. The molecule has 0 aromatic heterocycles. The van der Waals surface area contributed by atoms with Crippen LogP contribution in [0.1, 0.15) is 27.7 Å². The van der Waals surface area contributed by atoms with Crippen molar-refractivity contribution in [2.24, 2.45) is 0 Å². The molecule has 0 aliphatic carbocycles. The molecule has 0 radical (unpaired) electrons. The molecule has 32 heavy (non-hydrogen) atoms. The molecule has 1 heterocycles. The Balaban J connectivity index is 2.42. The van der Waals surface area contributed by atoms with Crippen LogP contribution in [0.15, 0.2) is 24.3 Å². The summed E-state index contributed by atoms with van der Waals surface area (Å²) in [6.07, 6.45) is -6.20. The van der Waals surface area contributed by atoms with E-state index in [1.807, 2.05) is 0 Å². The highest BCUT2D eigenvalue weighted by atomic mass is 16.7. The highest BCUT2D eigenvalue weighted by Crippen LogP contribution is 2.31. The maximum atomic E-state index is 11.8. The van der Waals surface area contributed by atoms with Crippen molar-refractivity contribution in [1.29, 1.82) is 0 Å². The van der Waals surface area contributed by atoms with Crippen molar-refractivity contribution in [2.45, 2.75) is 58.4 Å². The quantitative estimate of drug-likeness (QED) is 0.414. The van der Waals surface area contributed by atoms with Gasteiger partial charge in [-0.3, -0.25) is 19.2 Å². The van der Waals surface area contributed by atoms with Crippen molar-refractivity contribution < 1.29 is 52.3 Å². The first kappa shape index (κ1) is 24.9. The molecule has 2 rings (SSSR count). The topological polar surface area (TPSA) is 133 Å². The van der Waals surface area contributed by atoms with Gasteiger partial charge in [-0.15, -0.1) is 0 Å². The number of carbonyl (C=O) groups excluding carboxylic acids is 4. The van der Waals surface area contributed by atoms with Crippen molar-refractivity contribution in [1.82, 2.24) is 0 Å². The number of hydrogen-bond donors (Lipinski definition) is 0. The summed E-state index contributed by atoms with van der Waals surface area (Å²) in [5, 5.41) is 0. The van der Waals surface area contributed by atoms with Crippen LogP contribution in [0.2, 0.25) is 0 Å². The summed E-state index contributed by atoms with van der Waals surface area (Å²) in [5.41, 5.74) is 0. The van der Waals surface area contributed by atoms with Gasteiger partial charge in [0, 0.05) is 27.7 Å². The van der Waals surface area contributed by atoms with Crippen molar-refractivity contribution in [3.63, 3.8) is 0 Å². The van der Waals surface area contributed by atoms with E-state index in [4.69, 9.17) is 33.2 Å². The number of ether oxygens (including phenoxy) is 7. The Hall–Kier alpha value is -3.34. The van der Waals surface area contributed by atoms with Crippen LogP contribution >= 0.6 is 0 Å². The van der Waals surface area contributed by atoms with Crippen LogP contribution in [0.5, 0.6) is 11.5 Å². The number of rotatable bonds is 8. The van der Waals surface area contributed by atoms with E-state index in [1.165, 1.54) is 14.0 Å². The van der Waals surface area contributed by atoms with Gasteiger partial charge in [-0.05, 0) is 24.3 Å². The monoisotopic (exact) mass is 454 g/mol. The molecule has 5 atom stereocenters. The van der Waals surface area contributed by atoms with Crippen LogP contribution in [0, 0.1) is 0 Å². The predicted octanol–water partition coefficient (Wildman–Crippen LogP) is 1.16. The fourth-order valence-corrected chi connectivity index (χ4v) is 3.07. The SMILES string of the molecule is COc1ccc(OC2O[C@H](COC(C)=O)[C@@H](OC(C)=O)[C@H](OC(C)=O)[C@H]2OC(C)=O)cc1. The van der Waals surface area contributed by atoms with Gasteiger partial charge >= 0.3 is 23.9 Å².